The van der Waals surface area contributed by atoms with E-state index in [0.717, 1.165) is 17.2 Å². The lowest BCUT2D eigenvalue weighted by Crippen LogP contribution is -2.04. The number of carboxylic acids is 1. The molecule has 0 amide bonds. The van der Waals surface area contributed by atoms with Crippen LogP contribution in [-0.2, 0) is 11.3 Å². The lowest BCUT2D eigenvalue weighted by atomic mass is 10.2. The van der Waals surface area contributed by atoms with Gasteiger partial charge in [-0.25, -0.2) is 4.79 Å². The lowest BCUT2D eigenvalue weighted by molar-refractivity contribution is 0.0697. The highest BCUT2D eigenvalue weighted by Gasteiger charge is 2.17. The number of aromatic nitrogens is 3. The second-order valence-corrected chi connectivity index (χ2v) is 4.66. The zero-order chi connectivity index (χ0) is 13.8. The molecule has 2 aromatic heterocycles. The van der Waals surface area contributed by atoms with Gasteiger partial charge in [-0.15, -0.1) is 0 Å². The summed E-state index contributed by atoms with van der Waals surface area (Å²) in [6, 6.07) is 0. The standard InChI is InChI=1S/C11H14N4O3S/c1-7-9(11(16)17)10(19-14-7)13-8-5-12-15(6-8)3-4-18-2/h5-6,13H,3-4H2,1-2H3,(H,16,17). The first-order valence-corrected chi connectivity index (χ1v) is 6.37. The molecule has 0 unspecified atom stereocenters. The molecule has 0 atom stereocenters. The van der Waals surface area contributed by atoms with Crippen LogP contribution in [0.25, 0.3) is 0 Å². The number of carboxylic acid groups (broad SMARTS) is 1. The first-order valence-electron chi connectivity index (χ1n) is 5.59. The Kier molecular flexibility index (Phi) is 4.13. The molecule has 0 aliphatic heterocycles. The molecular weight excluding hydrogens is 268 g/mol. The molecule has 0 saturated heterocycles. The molecule has 0 aliphatic rings. The molecule has 0 spiro atoms. The molecule has 2 rings (SSSR count). The van der Waals surface area contributed by atoms with Crippen LogP contribution < -0.4 is 5.32 Å². The minimum Gasteiger partial charge on any atom is -0.478 e. The number of nitrogens with one attached hydrogen (secondary N) is 1. The van der Waals surface area contributed by atoms with Gasteiger partial charge in [0.05, 0.1) is 30.7 Å². The van der Waals surface area contributed by atoms with E-state index in [0.29, 0.717) is 23.8 Å². The van der Waals surface area contributed by atoms with Crippen molar-refractivity contribution in [1.82, 2.24) is 14.2 Å². The summed E-state index contributed by atoms with van der Waals surface area (Å²) in [5, 5.41) is 16.8. The summed E-state index contributed by atoms with van der Waals surface area (Å²) in [6.07, 6.45) is 3.43. The summed E-state index contributed by atoms with van der Waals surface area (Å²) in [6.45, 7) is 2.89. The number of rotatable bonds is 6. The molecule has 0 radical (unpaired) electrons. The van der Waals surface area contributed by atoms with Gasteiger partial charge in [0.15, 0.2) is 0 Å². The third-order valence-electron chi connectivity index (χ3n) is 2.49. The normalized spacial score (nSPS) is 10.6. The van der Waals surface area contributed by atoms with Crippen molar-refractivity contribution in [3.8, 4) is 0 Å². The van der Waals surface area contributed by atoms with Crippen LogP contribution in [0, 0.1) is 6.92 Å². The molecule has 2 N–H and O–H groups in total. The maximum absolute atomic E-state index is 11.1. The molecule has 8 heteroatoms. The monoisotopic (exact) mass is 282 g/mol. The van der Waals surface area contributed by atoms with Gasteiger partial charge < -0.3 is 15.2 Å². The second-order valence-electron chi connectivity index (χ2n) is 3.89. The first-order chi connectivity index (χ1) is 9.11. The van der Waals surface area contributed by atoms with Gasteiger partial charge in [-0.3, -0.25) is 4.68 Å². The highest BCUT2D eigenvalue weighted by atomic mass is 32.1. The van der Waals surface area contributed by atoms with Crippen LogP contribution in [0.2, 0.25) is 0 Å². The van der Waals surface area contributed by atoms with Gasteiger partial charge in [-0.1, -0.05) is 0 Å². The average molecular weight is 282 g/mol. The molecule has 0 aliphatic carbocycles. The second kappa shape index (κ2) is 5.81. The largest absolute Gasteiger partial charge is 0.478 e. The van der Waals surface area contributed by atoms with Crippen molar-refractivity contribution in [2.45, 2.75) is 13.5 Å². The fourth-order valence-electron chi connectivity index (χ4n) is 1.57. The average Bonchev–Trinajstić information content (AvgIpc) is 2.94. The predicted molar refractivity (Wildman–Crippen MR) is 71.2 cm³/mol. The van der Waals surface area contributed by atoms with Gasteiger partial charge in [0.2, 0.25) is 0 Å². The van der Waals surface area contributed by atoms with Crippen LogP contribution in [0.3, 0.4) is 0 Å². The number of carbonyl (C=O) groups is 1. The van der Waals surface area contributed by atoms with Crippen molar-refractivity contribution in [2.75, 3.05) is 19.0 Å². The lowest BCUT2D eigenvalue weighted by Gasteiger charge is -2.01. The van der Waals surface area contributed by atoms with E-state index < -0.39 is 5.97 Å². The number of ether oxygens (including phenoxy) is 1. The molecule has 2 aromatic rings. The number of methoxy groups -OCH3 is 1. The van der Waals surface area contributed by atoms with E-state index in [4.69, 9.17) is 9.84 Å². The highest BCUT2D eigenvalue weighted by Crippen LogP contribution is 2.27. The molecule has 0 saturated carbocycles. The number of anilines is 2. The van der Waals surface area contributed by atoms with Crippen molar-refractivity contribution in [3.05, 3.63) is 23.7 Å². The number of nitrogens with zero attached hydrogens (tertiary/aromatic N) is 3. The quantitative estimate of drug-likeness (QED) is 0.838. The summed E-state index contributed by atoms with van der Waals surface area (Å²) in [7, 11) is 1.63. The van der Waals surface area contributed by atoms with E-state index in [2.05, 4.69) is 14.8 Å². The molecule has 0 fully saturated rings. The minimum absolute atomic E-state index is 0.203. The number of hydrogen-bond acceptors (Lipinski definition) is 6. The minimum atomic E-state index is -0.986. The summed E-state index contributed by atoms with van der Waals surface area (Å²) in [5.41, 5.74) is 1.43. The molecule has 7 nitrogen and oxygen atoms in total. The third kappa shape index (κ3) is 3.09. The Morgan fingerprint density at radius 2 is 2.42 bits per heavy atom. The zero-order valence-electron chi connectivity index (χ0n) is 10.6. The van der Waals surface area contributed by atoms with Gasteiger partial charge >= 0.3 is 5.97 Å². The summed E-state index contributed by atoms with van der Waals surface area (Å²) in [5.74, 6) is -0.986. The molecule has 0 bridgehead atoms. The Labute approximate surface area is 114 Å². The van der Waals surface area contributed by atoms with E-state index >= 15 is 0 Å². The van der Waals surface area contributed by atoms with Crippen LogP contribution in [0.5, 0.6) is 0 Å². The van der Waals surface area contributed by atoms with Gasteiger partial charge in [-0.05, 0) is 18.5 Å². The Hall–Kier alpha value is -1.93. The fraction of sp³-hybridized carbons (Fsp3) is 0.364. The molecular formula is C11H14N4O3S. The number of hydrogen-bond donors (Lipinski definition) is 2. The Bertz CT molecular complexity index is 578. The zero-order valence-corrected chi connectivity index (χ0v) is 11.4. The Morgan fingerprint density at radius 1 is 1.63 bits per heavy atom. The van der Waals surface area contributed by atoms with Crippen LogP contribution >= 0.6 is 11.5 Å². The van der Waals surface area contributed by atoms with Gasteiger partial charge in [0.1, 0.15) is 10.6 Å². The summed E-state index contributed by atoms with van der Waals surface area (Å²) >= 11 is 1.12. The van der Waals surface area contributed by atoms with Crippen molar-refractivity contribution in [1.29, 1.82) is 0 Å². The molecule has 102 valence electrons. The van der Waals surface area contributed by atoms with Crippen LogP contribution in [0.15, 0.2) is 12.4 Å². The molecule has 0 aromatic carbocycles. The SMILES string of the molecule is COCCn1cc(Nc2snc(C)c2C(=O)O)cn1. The summed E-state index contributed by atoms with van der Waals surface area (Å²) in [4.78, 5) is 11.1. The first kappa shape index (κ1) is 13.5. The maximum atomic E-state index is 11.1. The van der Waals surface area contributed by atoms with Crippen molar-refractivity contribution >= 4 is 28.2 Å². The van der Waals surface area contributed by atoms with Gasteiger partial charge in [0, 0.05) is 13.3 Å². The molecule has 2 heterocycles. The Morgan fingerprint density at radius 3 is 3.11 bits per heavy atom. The van der Waals surface area contributed by atoms with E-state index in [9.17, 15) is 4.79 Å². The highest BCUT2D eigenvalue weighted by molar-refractivity contribution is 7.10. The van der Waals surface area contributed by atoms with E-state index in [1.54, 1.807) is 31.1 Å². The Balaban J connectivity index is 2.13. The van der Waals surface area contributed by atoms with Gasteiger partial charge in [0.25, 0.3) is 0 Å². The van der Waals surface area contributed by atoms with Crippen molar-refractivity contribution in [3.63, 3.8) is 0 Å². The van der Waals surface area contributed by atoms with Crippen molar-refractivity contribution < 1.29 is 14.6 Å². The van der Waals surface area contributed by atoms with Crippen LogP contribution in [-0.4, -0.2) is 38.9 Å². The topological polar surface area (TPSA) is 89.3 Å². The van der Waals surface area contributed by atoms with E-state index in [1.165, 1.54) is 0 Å². The van der Waals surface area contributed by atoms with Gasteiger partial charge in [-0.2, -0.15) is 9.47 Å². The van der Waals surface area contributed by atoms with Crippen LogP contribution in [0.1, 0.15) is 16.1 Å². The van der Waals surface area contributed by atoms with Crippen molar-refractivity contribution in [2.24, 2.45) is 0 Å². The predicted octanol–water partition coefficient (Wildman–Crippen LogP) is 1.74. The van der Waals surface area contributed by atoms with E-state index in [-0.39, 0.29) is 5.56 Å². The maximum Gasteiger partial charge on any atom is 0.340 e. The third-order valence-corrected chi connectivity index (χ3v) is 3.35. The number of aryl methyl sites for hydroxylation is 1. The summed E-state index contributed by atoms with van der Waals surface area (Å²) < 4.78 is 10.7. The smallest absolute Gasteiger partial charge is 0.340 e. The number of aromatic carboxylic acids is 1. The van der Waals surface area contributed by atoms with Crippen LogP contribution in [0.4, 0.5) is 10.7 Å². The fourth-order valence-corrected chi connectivity index (χ4v) is 2.38. The van der Waals surface area contributed by atoms with E-state index in [1.807, 2.05) is 0 Å². The molecule has 19 heavy (non-hydrogen) atoms.